The summed E-state index contributed by atoms with van der Waals surface area (Å²) in [7, 11) is 6.62. The van der Waals surface area contributed by atoms with Crippen molar-refractivity contribution in [3.05, 3.63) is 159 Å². The van der Waals surface area contributed by atoms with Gasteiger partial charge in [0.2, 0.25) is 11.2 Å². The van der Waals surface area contributed by atoms with E-state index in [0.717, 1.165) is 52.8 Å². The van der Waals surface area contributed by atoms with Gasteiger partial charge in [0.1, 0.15) is 24.7 Å². The number of hydrogen-bond donors (Lipinski definition) is 2. The van der Waals surface area contributed by atoms with E-state index in [0.29, 0.717) is 51.4 Å². The zero-order valence-corrected chi connectivity index (χ0v) is 42.8. The number of alkyl halides is 6. The Balaban J connectivity index is 0.000000166. The topological polar surface area (TPSA) is 169 Å². The van der Waals surface area contributed by atoms with Gasteiger partial charge in [-0.1, -0.05) is 23.2 Å². The van der Waals surface area contributed by atoms with Gasteiger partial charge in [0.25, 0.3) is 0 Å². The lowest BCUT2D eigenvalue weighted by molar-refractivity contribution is -0.138. The molecule has 2 aliphatic rings. The van der Waals surface area contributed by atoms with Crippen LogP contribution in [0.2, 0.25) is 15.3 Å². The van der Waals surface area contributed by atoms with Gasteiger partial charge in [-0.25, -0.2) is 19.9 Å². The molecule has 0 fully saturated rings. The molecule has 0 saturated carbocycles. The average Bonchev–Trinajstić information content (AvgIpc) is 4.02. The van der Waals surface area contributed by atoms with Crippen LogP contribution in [-0.4, -0.2) is 80.6 Å². The van der Waals surface area contributed by atoms with Crippen LogP contribution in [0.15, 0.2) is 110 Å². The molecular formula is C50H45Cl3F6N12O4. The molecule has 0 saturated heterocycles. The van der Waals surface area contributed by atoms with Crippen molar-refractivity contribution in [2.24, 2.45) is 0 Å². The first-order chi connectivity index (χ1) is 35.6. The normalized spacial score (nSPS) is 15.0. The van der Waals surface area contributed by atoms with Gasteiger partial charge in [-0.15, -0.1) is 0 Å². The van der Waals surface area contributed by atoms with Crippen LogP contribution in [0, 0.1) is 13.8 Å². The summed E-state index contributed by atoms with van der Waals surface area (Å²) in [6.45, 7) is 4.06. The fourth-order valence-corrected chi connectivity index (χ4v) is 8.60. The van der Waals surface area contributed by atoms with E-state index in [-0.39, 0.29) is 34.5 Å². The van der Waals surface area contributed by atoms with Crippen molar-refractivity contribution in [1.29, 1.82) is 0 Å². The molecule has 0 radical (unpaired) electrons. The van der Waals surface area contributed by atoms with E-state index in [9.17, 15) is 26.3 Å². The number of methoxy groups -OCH3 is 2. The second-order valence-corrected chi connectivity index (χ2v) is 18.0. The minimum Gasteiger partial charge on any atom is -0.494 e. The molecule has 16 nitrogen and oxygen atoms in total. The molecular weight excluding hydrogens is 1050 g/mol. The Morgan fingerprint density at radius 1 is 0.627 bits per heavy atom. The lowest BCUT2D eigenvalue weighted by Crippen LogP contribution is -2.34. The Bertz CT molecular complexity index is 3340. The van der Waals surface area contributed by atoms with E-state index in [4.69, 9.17) is 59.5 Å². The molecule has 2 atom stereocenters. The number of nitrogens with one attached hydrogen (secondary N) is 1. The highest BCUT2D eigenvalue weighted by Crippen LogP contribution is 2.43. The van der Waals surface area contributed by atoms with Gasteiger partial charge >= 0.3 is 12.4 Å². The number of halogens is 9. The molecule has 4 aromatic heterocycles. The van der Waals surface area contributed by atoms with Gasteiger partial charge in [-0.3, -0.25) is 0 Å². The third-order valence-electron chi connectivity index (χ3n) is 11.8. The molecule has 25 heteroatoms. The van der Waals surface area contributed by atoms with E-state index in [2.05, 4.69) is 35.2 Å². The number of imidazole rings is 2. The lowest BCUT2D eigenvalue weighted by atomic mass is 10.0. The quantitative estimate of drug-likeness (QED) is 0.0837. The maximum absolute atomic E-state index is 13.3. The first kappa shape index (κ1) is 53.6. The van der Waals surface area contributed by atoms with Crippen molar-refractivity contribution in [2.45, 2.75) is 38.3 Å². The smallest absolute Gasteiger partial charge is 0.416 e. The molecule has 0 bridgehead atoms. The van der Waals surface area contributed by atoms with Crippen LogP contribution < -0.4 is 39.8 Å². The Kier molecular flexibility index (Phi) is 15.7. The summed E-state index contributed by atoms with van der Waals surface area (Å²) in [6.07, 6.45) is 1.29. The van der Waals surface area contributed by atoms with Crippen molar-refractivity contribution in [1.82, 2.24) is 39.0 Å². The SMILES string of the molecule is CN1c2nc(Cl)ncc2OCC1c1cc(C(F)(F)F)ccc1Cl.COc1cc(N)ccc1-n1cnc(C)c1.COc1cc(Nc2ncc3c(n2)N(C)C(c2cc(C(F)(F)F)ccc2Cl)CO3)ccc1-n1cnc(C)c1. The Hall–Kier alpha value is -7.69. The third kappa shape index (κ3) is 12.1. The maximum Gasteiger partial charge on any atom is 0.416 e. The second kappa shape index (κ2) is 22.0. The molecule has 0 amide bonds. The summed E-state index contributed by atoms with van der Waals surface area (Å²) in [6, 6.07) is 16.4. The summed E-state index contributed by atoms with van der Waals surface area (Å²) >= 11 is 18.2. The van der Waals surface area contributed by atoms with Crippen molar-refractivity contribution < 1.29 is 45.3 Å². The van der Waals surface area contributed by atoms with Crippen LogP contribution in [0.5, 0.6) is 23.0 Å². The summed E-state index contributed by atoms with van der Waals surface area (Å²) < 4.78 is 105. The molecule has 4 aromatic carbocycles. The zero-order chi connectivity index (χ0) is 53.9. The van der Waals surface area contributed by atoms with Crippen LogP contribution in [-0.2, 0) is 12.4 Å². The maximum atomic E-state index is 13.3. The zero-order valence-electron chi connectivity index (χ0n) is 40.5. The number of rotatable bonds is 8. The van der Waals surface area contributed by atoms with Gasteiger partial charge in [-0.2, -0.15) is 36.3 Å². The number of likely N-dealkylation sites (N-methyl/N-ethyl adjacent to an activating group) is 2. The first-order valence-corrected chi connectivity index (χ1v) is 23.5. The van der Waals surface area contributed by atoms with Gasteiger partial charge in [0.05, 0.1) is 85.2 Å². The molecule has 10 rings (SSSR count). The van der Waals surface area contributed by atoms with Gasteiger partial charge in [0, 0.05) is 60.0 Å². The number of benzene rings is 4. The summed E-state index contributed by atoms with van der Waals surface area (Å²) in [4.78, 5) is 28.6. The number of hydrogen-bond acceptors (Lipinski definition) is 14. The van der Waals surface area contributed by atoms with Gasteiger partial charge in [0.15, 0.2) is 23.1 Å². The van der Waals surface area contributed by atoms with Crippen molar-refractivity contribution in [3.63, 3.8) is 0 Å². The molecule has 6 heterocycles. The number of aromatic nitrogens is 8. The van der Waals surface area contributed by atoms with Crippen molar-refractivity contribution in [3.8, 4) is 34.4 Å². The Morgan fingerprint density at radius 3 is 1.59 bits per heavy atom. The number of nitrogens with two attached hydrogens (primary N) is 1. The minimum atomic E-state index is -4.49. The fourth-order valence-electron chi connectivity index (χ4n) is 7.99. The Labute approximate surface area is 440 Å². The minimum absolute atomic E-state index is 0.0231. The number of aryl methyl sites for hydroxylation is 2. The third-order valence-corrected chi connectivity index (χ3v) is 12.7. The van der Waals surface area contributed by atoms with E-state index in [1.165, 1.54) is 24.5 Å². The van der Waals surface area contributed by atoms with E-state index in [1.54, 1.807) is 62.9 Å². The predicted octanol–water partition coefficient (Wildman–Crippen LogP) is 12.1. The summed E-state index contributed by atoms with van der Waals surface area (Å²) in [5.74, 6) is 3.27. The molecule has 2 unspecified atom stereocenters. The average molecular weight is 1100 g/mol. The summed E-state index contributed by atoms with van der Waals surface area (Å²) in [5.41, 5.74) is 9.70. The standard InChI is InChI=1S/C25H22ClF3N6O2.C14H10Cl2F3N3O.C11H13N3O/c1-14-11-35(13-31-14)19-7-5-16(9-21(19)36-3)32-24-30-10-22-23(33-24)34(2)20(12-37-22)17-8-15(25(27,28)29)4-6-18(17)26;1-22-10(6-23-11-5-20-13(16)21-12(11)22)8-4-7(14(17,18)19)2-3-9(8)15;1-8-6-14(7-13-8)10-4-3-9(12)5-11(10)15-2/h4-11,13,20H,12H2,1-3H3,(H,30,32,33);2-5,10H,6H2,1H3;3-7H,12H2,1-2H3. The second-order valence-electron chi connectivity index (χ2n) is 16.8. The lowest BCUT2D eigenvalue weighted by Gasteiger charge is -2.35. The van der Waals surface area contributed by atoms with Gasteiger partial charge < -0.3 is 48.9 Å². The number of nitrogen functional groups attached to an aromatic ring is 1. The molecule has 75 heavy (non-hydrogen) atoms. The number of anilines is 5. The highest BCUT2D eigenvalue weighted by Gasteiger charge is 2.36. The molecule has 8 aromatic rings. The van der Waals surface area contributed by atoms with Gasteiger partial charge in [-0.05, 0) is 97.2 Å². The van der Waals surface area contributed by atoms with Crippen LogP contribution in [0.4, 0.5) is 55.3 Å². The van der Waals surface area contributed by atoms with Crippen LogP contribution in [0.3, 0.4) is 0 Å². The predicted molar refractivity (Wildman–Crippen MR) is 273 cm³/mol. The highest BCUT2D eigenvalue weighted by atomic mass is 35.5. The molecule has 0 spiro atoms. The number of fused-ring (bicyclic) bond motifs is 2. The molecule has 3 N–H and O–H groups in total. The highest BCUT2D eigenvalue weighted by molar-refractivity contribution is 6.31. The number of nitrogens with zero attached hydrogens (tertiary/aromatic N) is 10. The largest absolute Gasteiger partial charge is 0.494 e. The van der Waals surface area contributed by atoms with Crippen molar-refractivity contribution in [2.75, 3.05) is 62.4 Å². The van der Waals surface area contributed by atoms with Crippen LogP contribution in [0.25, 0.3) is 11.4 Å². The number of ether oxygens (including phenoxy) is 4. The van der Waals surface area contributed by atoms with E-state index >= 15 is 0 Å². The molecule has 2 aliphatic heterocycles. The molecule has 0 aliphatic carbocycles. The monoisotopic (exact) mass is 1100 g/mol. The van der Waals surface area contributed by atoms with Crippen LogP contribution in [0.1, 0.15) is 45.7 Å². The fraction of sp³-hybridized carbons (Fsp3) is 0.240. The van der Waals surface area contributed by atoms with Crippen LogP contribution >= 0.6 is 34.8 Å². The Morgan fingerprint density at radius 2 is 1.11 bits per heavy atom. The van der Waals surface area contributed by atoms with E-state index < -0.39 is 35.6 Å². The van der Waals surface area contributed by atoms with Crippen molar-refractivity contribution >= 4 is 63.8 Å². The molecule has 392 valence electrons. The van der Waals surface area contributed by atoms with E-state index in [1.807, 2.05) is 59.6 Å². The summed E-state index contributed by atoms with van der Waals surface area (Å²) in [5, 5.41) is 3.60. The first-order valence-electron chi connectivity index (χ1n) is 22.4.